The second kappa shape index (κ2) is 11.2. The van der Waals surface area contributed by atoms with E-state index in [9.17, 15) is 27.9 Å². The lowest BCUT2D eigenvalue weighted by Crippen LogP contribution is -2.55. The molecule has 1 aromatic carbocycles. The van der Waals surface area contributed by atoms with Crippen LogP contribution < -0.4 is 4.90 Å². The maximum absolute atomic E-state index is 14.5. The van der Waals surface area contributed by atoms with Crippen LogP contribution in [0.4, 0.5) is 19.0 Å². The molecule has 0 spiro atoms. The van der Waals surface area contributed by atoms with Gasteiger partial charge in [-0.1, -0.05) is 6.07 Å². The lowest BCUT2D eigenvalue weighted by molar-refractivity contribution is -0.924. The average molecular weight is 585 g/mol. The summed E-state index contributed by atoms with van der Waals surface area (Å²) in [5.74, 6) is -0.154. The highest BCUT2D eigenvalue weighted by atomic mass is 19.4. The van der Waals surface area contributed by atoms with E-state index in [4.69, 9.17) is 0 Å². The summed E-state index contributed by atoms with van der Waals surface area (Å²) in [5, 5.41) is 9.67. The Hall–Kier alpha value is -3.73. The SMILES string of the molecule is CC[N+]1([C@@H]2CCc3ccc(C(=O)N(C)C4CCN(c5cc(C)nc(C)n5)CC4)cc32)CC=CC(C(=O)O)=C1C(F)(F)F. The topological polar surface area (TPSA) is 86.6 Å². The number of hydrogen-bond donors (Lipinski definition) is 1. The third-order valence-electron chi connectivity index (χ3n) is 9.12. The van der Waals surface area contributed by atoms with E-state index in [1.165, 1.54) is 6.08 Å². The van der Waals surface area contributed by atoms with Crippen molar-refractivity contribution in [2.45, 2.75) is 64.7 Å². The van der Waals surface area contributed by atoms with Crippen molar-refractivity contribution in [3.63, 3.8) is 0 Å². The minimum Gasteiger partial charge on any atom is -0.477 e. The number of anilines is 1. The van der Waals surface area contributed by atoms with Gasteiger partial charge in [0, 0.05) is 55.5 Å². The number of nitrogens with zero attached hydrogens (tertiary/aromatic N) is 5. The molecule has 3 heterocycles. The Bertz CT molecular complexity index is 1440. The van der Waals surface area contributed by atoms with Crippen molar-refractivity contribution in [1.82, 2.24) is 14.9 Å². The van der Waals surface area contributed by atoms with Gasteiger partial charge < -0.3 is 14.9 Å². The van der Waals surface area contributed by atoms with Crippen molar-refractivity contribution >= 4 is 17.7 Å². The maximum atomic E-state index is 14.5. The number of fused-ring (bicyclic) bond motifs is 1. The van der Waals surface area contributed by atoms with E-state index < -0.39 is 33.9 Å². The fourth-order valence-electron chi connectivity index (χ4n) is 7.08. The largest absolute Gasteiger partial charge is 0.477 e. The first kappa shape index (κ1) is 29.8. The molecule has 2 atom stereocenters. The number of piperidine rings is 1. The van der Waals surface area contributed by atoms with Gasteiger partial charge >= 0.3 is 12.1 Å². The van der Waals surface area contributed by atoms with Gasteiger partial charge in [0.1, 0.15) is 29.8 Å². The fourth-order valence-corrected chi connectivity index (χ4v) is 7.08. The van der Waals surface area contributed by atoms with Crippen LogP contribution in [0.2, 0.25) is 0 Å². The number of rotatable bonds is 6. The van der Waals surface area contributed by atoms with Crippen molar-refractivity contribution in [3.8, 4) is 0 Å². The first-order valence-electron chi connectivity index (χ1n) is 14.4. The number of carbonyl (C=O) groups excluding carboxylic acids is 1. The van der Waals surface area contributed by atoms with E-state index in [2.05, 4.69) is 14.9 Å². The Morgan fingerprint density at radius 1 is 1.12 bits per heavy atom. The van der Waals surface area contributed by atoms with E-state index in [1.54, 1.807) is 31.0 Å². The summed E-state index contributed by atoms with van der Waals surface area (Å²) in [5.41, 5.74) is 1.21. The Morgan fingerprint density at radius 2 is 1.83 bits per heavy atom. The van der Waals surface area contributed by atoms with Gasteiger partial charge in [0.15, 0.2) is 0 Å². The number of quaternary nitrogens is 1. The quantitative estimate of drug-likeness (QED) is 0.474. The molecule has 0 bridgehead atoms. The first-order chi connectivity index (χ1) is 19.9. The number of carboxylic acid groups (broad SMARTS) is 1. The van der Waals surface area contributed by atoms with E-state index in [0.717, 1.165) is 54.9 Å². The Labute approximate surface area is 243 Å². The monoisotopic (exact) mass is 584 g/mol. The predicted octanol–water partition coefficient (Wildman–Crippen LogP) is 5.13. The van der Waals surface area contributed by atoms with E-state index in [1.807, 2.05) is 26.0 Å². The summed E-state index contributed by atoms with van der Waals surface area (Å²) in [6, 6.07) is 6.72. The van der Waals surface area contributed by atoms with Gasteiger partial charge in [0.25, 0.3) is 5.91 Å². The minimum atomic E-state index is -4.82. The van der Waals surface area contributed by atoms with Crippen molar-refractivity contribution in [3.05, 3.63) is 75.9 Å². The van der Waals surface area contributed by atoms with Gasteiger partial charge in [0.2, 0.25) is 5.70 Å². The van der Waals surface area contributed by atoms with Crippen LogP contribution >= 0.6 is 0 Å². The van der Waals surface area contributed by atoms with Gasteiger partial charge in [-0.05, 0) is 69.9 Å². The number of allylic oxidation sites excluding steroid dienone is 1. The standard InChI is InChI=1S/C31H36F3N5O3/c1-5-39(16-6-7-24(30(41)42)28(39)31(32,33)34)26-11-10-21-8-9-22(18-25(21)26)29(40)37(4)23-12-14-38(15-13-23)27-17-19(2)35-20(3)36-27/h6-9,17-18,23,26H,5,10-16H2,1-4H3/p+1/t26-,39?/m1/s1. The molecular weight excluding hydrogens is 547 g/mol. The average Bonchev–Trinajstić information content (AvgIpc) is 3.39. The first-order valence-corrected chi connectivity index (χ1v) is 14.4. The molecule has 2 aromatic rings. The lowest BCUT2D eigenvalue weighted by atomic mass is 9.95. The minimum absolute atomic E-state index is 0.0148. The van der Waals surface area contributed by atoms with Crippen LogP contribution in [0.25, 0.3) is 0 Å². The zero-order valence-corrected chi connectivity index (χ0v) is 24.4. The molecule has 8 nitrogen and oxygen atoms in total. The predicted molar refractivity (Wildman–Crippen MR) is 152 cm³/mol. The smallest absolute Gasteiger partial charge is 0.467 e. The number of likely N-dealkylation sites (N-methyl/N-ethyl adjacent to an activating group) is 1. The third-order valence-corrected chi connectivity index (χ3v) is 9.12. The number of aliphatic carboxylic acids is 1. The normalized spacial score (nSPS) is 22.8. The summed E-state index contributed by atoms with van der Waals surface area (Å²) >= 11 is 0. The summed E-state index contributed by atoms with van der Waals surface area (Å²) < 4.78 is 43.0. The van der Waals surface area contributed by atoms with Crippen LogP contribution in [0, 0.1) is 13.8 Å². The van der Waals surface area contributed by atoms with Crippen LogP contribution in [0.5, 0.6) is 0 Å². The molecule has 1 unspecified atom stereocenters. The van der Waals surface area contributed by atoms with Crippen LogP contribution in [-0.2, 0) is 11.2 Å². The number of halogens is 3. The van der Waals surface area contributed by atoms with Gasteiger partial charge in [-0.15, -0.1) is 0 Å². The Kier molecular flexibility index (Phi) is 7.91. The molecule has 3 aliphatic rings. The van der Waals surface area contributed by atoms with Crippen LogP contribution in [-0.4, -0.2) is 81.8 Å². The molecular formula is C31H37F3N5O3+. The van der Waals surface area contributed by atoms with Crippen molar-refractivity contribution in [1.29, 1.82) is 0 Å². The molecule has 42 heavy (non-hydrogen) atoms. The maximum Gasteiger partial charge on any atom is 0.467 e. The molecule has 1 fully saturated rings. The van der Waals surface area contributed by atoms with E-state index >= 15 is 0 Å². The summed E-state index contributed by atoms with van der Waals surface area (Å²) in [6.45, 7) is 7.07. The number of benzene rings is 1. The van der Waals surface area contributed by atoms with Crippen LogP contribution in [0.15, 0.2) is 47.7 Å². The second-order valence-electron chi connectivity index (χ2n) is 11.5. The van der Waals surface area contributed by atoms with Crippen molar-refractivity contribution < 1.29 is 32.3 Å². The molecule has 1 saturated heterocycles. The molecule has 0 saturated carbocycles. The molecule has 0 radical (unpaired) electrons. The Balaban J connectivity index is 1.39. The number of carboxylic acids is 1. The molecule has 224 valence electrons. The lowest BCUT2D eigenvalue weighted by Gasteiger charge is -2.45. The number of carbonyl (C=O) groups is 2. The number of aryl methyl sites for hydroxylation is 3. The number of hydrogen-bond acceptors (Lipinski definition) is 5. The molecule has 1 aliphatic carbocycles. The highest BCUT2D eigenvalue weighted by molar-refractivity contribution is 5.94. The van der Waals surface area contributed by atoms with Crippen molar-refractivity contribution in [2.75, 3.05) is 38.1 Å². The third kappa shape index (κ3) is 5.30. The highest BCUT2D eigenvalue weighted by Gasteiger charge is 2.57. The highest BCUT2D eigenvalue weighted by Crippen LogP contribution is 2.50. The molecule has 1 N–H and O–H groups in total. The molecule has 1 amide bonds. The zero-order valence-electron chi connectivity index (χ0n) is 24.4. The Morgan fingerprint density at radius 3 is 2.45 bits per heavy atom. The van der Waals surface area contributed by atoms with Crippen molar-refractivity contribution in [2.24, 2.45) is 0 Å². The number of aromatic nitrogens is 2. The van der Waals surface area contributed by atoms with E-state index in [0.29, 0.717) is 24.0 Å². The second-order valence-corrected chi connectivity index (χ2v) is 11.5. The van der Waals surface area contributed by atoms with Gasteiger partial charge in [-0.2, -0.15) is 13.2 Å². The molecule has 1 aromatic heterocycles. The zero-order chi connectivity index (χ0) is 30.4. The molecule has 11 heteroatoms. The van der Waals surface area contributed by atoms with Gasteiger partial charge in [-0.3, -0.25) is 9.28 Å². The summed E-state index contributed by atoms with van der Waals surface area (Å²) in [7, 11) is 1.78. The summed E-state index contributed by atoms with van der Waals surface area (Å²) in [6.07, 6.45) is 0.317. The number of amides is 1. The fraction of sp³-hybridized carbons (Fsp3) is 0.484. The number of alkyl halides is 3. The van der Waals surface area contributed by atoms with Gasteiger partial charge in [0.05, 0.1) is 6.54 Å². The summed E-state index contributed by atoms with van der Waals surface area (Å²) in [4.78, 5) is 38.4. The molecule has 2 aliphatic heterocycles. The van der Waals surface area contributed by atoms with Crippen LogP contribution in [0.1, 0.15) is 65.2 Å². The molecule has 5 rings (SSSR count). The van der Waals surface area contributed by atoms with E-state index in [-0.39, 0.29) is 25.0 Å². The van der Waals surface area contributed by atoms with Gasteiger partial charge in [-0.25, -0.2) is 14.8 Å². The van der Waals surface area contributed by atoms with Crippen LogP contribution in [0.3, 0.4) is 0 Å².